The summed E-state index contributed by atoms with van der Waals surface area (Å²) in [6, 6.07) is 0.719. The highest BCUT2D eigenvalue weighted by molar-refractivity contribution is 5.82. The quantitative estimate of drug-likeness (QED) is 0.767. The molecule has 5 aliphatic rings. The summed E-state index contributed by atoms with van der Waals surface area (Å²) in [7, 11) is 0. The van der Waals surface area contributed by atoms with E-state index in [1.54, 1.807) is 0 Å². The van der Waals surface area contributed by atoms with Crippen LogP contribution in [0.4, 0.5) is 0 Å². The molecule has 3 aliphatic heterocycles. The maximum absolute atomic E-state index is 12.7. The molecular formula is C15H24N2O. The minimum atomic E-state index is 0.140. The van der Waals surface area contributed by atoms with Crippen molar-refractivity contribution in [2.75, 3.05) is 13.1 Å². The van der Waals surface area contributed by atoms with Crippen LogP contribution in [0.2, 0.25) is 0 Å². The number of hydrogen-bond acceptors (Lipinski definition) is 2. The molecule has 5 rings (SSSR count). The zero-order valence-electron chi connectivity index (χ0n) is 11.1. The van der Waals surface area contributed by atoms with Crippen molar-refractivity contribution in [1.82, 2.24) is 10.2 Å². The highest BCUT2D eigenvalue weighted by Gasteiger charge is 2.45. The van der Waals surface area contributed by atoms with Gasteiger partial charge < -0.3 is 10.2 Å². The molecular weight excluding hydrogens is 224 g/mol. The second-order valence-corrected chi connectivity index (χ2v) is 7.07. The van der Waals surface area contributed by atoms with Gasteiger partial charge in [-0.05, 0) is 69.2 Å². The lowest BCUT2D eigenvalue weighted by Crippen LogP contribution is -2.49. The largest absolute Gasteiger partial charge is 0.338 e. The van der Waals surface area contributed by atoms with Gasteiger partial charge in [0.05, 0.1) is 6.04 Å². The summed E-state index contributed by atoms with van der Waals surface area (Å²) in [5.74, 6) is 3.10. The molecule has 1 N–H and O–H groups in total. The van der Waals surface area contributed by atoms with Crippen molar-refractivity contribution in [3.05, 3.63) is 0 Å². The minimum Gasteiger partial charge on any atom is -0.338 e. The molecule has 0 aromatic rings. The second-order valence-electron chi connectivity index (χ2n) is 7.07. The number of nitrogens with one attached hydrogen (secondary N) is 1. The molecule has 18 heavy (non-hydrogen) atoms. The standard InChI is InChI=1S/C15H24N2O/c18-15(14-2-1-3-16-14)17-9-12-5-10-4-11(6-12)8-13(17)7-10/h10-14,16H,1-9H2. The molecule has 5 fully saturated rings. The molecule has 3 heteroatoms. The molecule has 0 radical (unpaired) electrons. The Balaban J connectivity index is 1.55. The van der Waals surface area contributed by atoms with E-state index in [4.69, 9.17) is 0 Å². The van der Waals surface area contributed by atoms with Crippen LogP contribution in [0.5, 0.6) is 0 Å². The van der Waals surface area contributed by atoms with Crippen molar-refractivity contribution in [3.8, 4) is 0 Å². The average Bonchev–Trinajstić information content (AvgIpc) is 2.80. The van der Waals surface area contributed by atoms with Crippen molar-refractivity contribution in [2.45, 2.75) is 57.0 Å². The Kier molecular flexibility index (Phi) is 2.65. The Morgan fingerprint density at radius 2 is 1.72 bits per heavy atom. The third kappa shape index (κ3) is 1.78. The van der Waals surface area contributed by atoms with E-state index < -0.39 is 0 Å². The predicted molar refractivity (Wildman–Crippen MR) is 70.1 cm³/mol. The Hall–Kier alpha value is -0.570. The fourth-order valence-corrected chi connectivity index (χ4v) is 5.15. The molecule has 3 saturated heterocycles. The Labute approximate surface area is 109 Å². The fraction of sp³-hybridized carbons (Fsp3) is 0.933. The molecule has 3 unspecified atom stereocenters. The number of carbonyl (C=O) groups excluding carboxylic acids is 1. The Morgan fingerprint density at radius 3 is 2.39 bits per heavy atom. The van der Waals surface area contributed by atoms with E-state index in [0.29, 0.717) is 11.9 Å². The average molecular weight is 248 g/mol. The number of hydrogen-bond donors (Lipinski definition) is 1. The van der Waals surface area contributed by atoms with Gasteiger partial charge in [-0.2, -0.15) is 0 Å². The number of carbonyl (C=O) groups is 1. The van der Waals surface area contributed by atoms with Crippen LogP contribution in [-0.4, -0.2) is 36.0 Å². The van der Waals surface area contributed by atoms with Crippen molar-refractivity contribution < 1.29 is 4.79 Å². The molecule has 3 nitrogen and oxygen atoms in total. The molecule has 3 atom stereocenters. The van der Waals surface area contributed by atoms with Crippen molar-refractivity contribution >= 4 is 5.91 Å². The van der Waals surface area contributed by atoms with E-state index in [2.05, 4.69) is 10.2 Å². The predicted octanol–water partition coefficient (Wildman–Crippen LogP) is 1.78. The summed E-state index contributed by atoms with van der Waals surface area (Å²) in [4.78, 5) is 15.0. The molecule has 0 aromatic heterocycles. The van der Waals surface area contributed by atoms with E-state index in [0.717, 1.165) is 37.3 Å². The minimum absolute atomic E-state index is 0.140. The molecule has 4 bridgehead atoms. The van der Waals surface area contributed by atoms with Gasteiger partial charge in [-0.25, -0.2) is 0 Å². The zero-order valence-corrected chi connectivity index (χ0v) is 11.1. The molecule has 2 saturated carbocycles. The molecule has 0 spiro atoms. The van der Waals surface area contributed by atoms with Crippen molar-refractivity contribution in [1.29, 1.82) is 0 Å². The lowest BCUT2D eigenvalue weighted by Gasteiger charge is -2.39. The smallest absolute Gasteiger partial charge is 0.239 e. The highest BCUT2D eigenvalue weighted by atomic mass is 16.2. The van der Waals surface area contributed by atoms with Crippen LogP contribution in [0.15, 0.2) is 0 Å². The molecule has 1 amide bonds. The normalized spacial score (nSPS) is 46.4. The first-order valence-electron chi connectivity index (χ1n) is 7.83. The lowest BCUT2D eigenvalue weighted by molar-refractivity contribution is -0.136. The van der Waals surface area contributed by atoms with Gasteiger partial charge in [-0.15, -0.1) is 0 Å². The third-order valence-electron chi connectivity index (χ3n) is 5.75. The van der Waals surface area contributed by atoms with Crippen LogP contribution < -0.4 is 5.32 Å². The Morgan fingerprint density at radius 1 is 1.00 bits per heavy atom. The number of fused-ring (bicyclic) bond motifs is 1. The van der Waals surface area contributed by atoms with E-state index in [1.807, 2.05) is 0 Å². The maximum Gasteiger partial charge on any atom is 0.239 e. The van der Waals surface area contributed by atoms with E-state index in [1.165, 1.54) is 38.5 Å². The third-order valence-corrected chi connectivity index (χ3v) is 5.75. The molecule has 2 aliphatic carbocycles. The maximum atomic E-state index is 12.7. The van der Waals surface area contributed by atoms with Gasteiger partial charge in [0.25, 0.3) is 0 Å². The van der Waals surface area contributed by atoms with Gasteiger partial charge in [0.1, 0.15) is 0 Å². The van der Waals surface area contributed by atoms with Crippen molar-refractivity contribution in [3.63, 3.8) is 0 Å². The molecule has 3 heterocycles. The lowest BCUT2D eigenvalue weighted by atomic mass is 9.68. The first kappa shape index (κ1) is 11.3. The van der Waals surface area contributed by atoms with Gasteiger partial charge in [0.2, 0.25) is 5.91 Å². The van der Waals surface area contributed by atoms with Crippen LogP contribution in [-0.2, 0) is 4.79 Å². The summed E-state index contributed by atoms with van der Waals surface area (Å²) in [6.45, 7) is 2.10. The number of amides is 1. The SMILES string of the molecule is O=C(C1CCCN1)N1CC2CC3CC(C2)CC1C3. The summed E-state index contributed by atoms with van der Waals surface area (Å²) >= 11 is 0. The summed E-state index contributed by atoms with van der Waals surface area (Å²) in [5.41, 5.74) is 0. The van der Waals surface area contributed by atoms with Crippen LogP contribution >= 0.6 is 0 Å². The monoisotopic (exact) mass is 248 g/mol. The summed E-state index contributed by atoms with van der Waals surface area (Å²) in [5, 5.41) is 3.39. The van der Waals surface area contributed by atoms with Gasteiger partial charge in [0, 0.05) is 12.6 Å². The topological polar surface area (TPSA) is 32.3 Å². The van der Waals surface area contributed by atoms with Gasteiger partial charge >= 0.3 is 0 Å². The van der Waals surface area contributed by atoms with E-state index >= 15 is 0 Å². The van der Waals surface area contributed by atoms with Crippen molar-refractivity contribution in [2.24, 2.45) is 17.8 Å². The second kappa shape index (κ2) is 4.22. The van der Waals surface area contributed by atoms with E-state index in [9.17, 15) is 4.79 Å². The zero-order chi connectivity index (χ0) is 12.1. The van der Waals surface area contributed by atoms with Gasteiger partial charge in [-0.1, -0.05) is 0 Å². The summed E-state index contributed by atoms with van der Waals surface area (Å²) in [6.07, 6.45) is 9.07. The first-order chi connectivity index (χ1) is 8.79. The van der Waals surface area contributed by atoms with Crippen LogP contribution in [0.1, 0.15) is 44.9 Å². The fourth-order valence-electron chi connectivity index (χ4n) is 5.15. The first-order valence-corrected chi connectivity index (χ1v) is 7.83. The number of nitrogens with zero attached hydrogens (tertiary/aromatic N) is 1. The highest BCUT2D eigenvalue weighted by Crippen LogP contribution is 2.47. The van der Waals surface area contributed by atoms with E-state index in [-0.39, 0.29) is 6.04 Å². The van der Waals surface area contributed by atoms with Crippen LogP contribution in [0.25, 0.3) is 0 Å². The molecule has 0 aromatic carbocycles. The van der Waals surface area contributed by atoms with Gasteiger partial charge in [-0.3, -0.25) is 4.79 Å². The number of rotatable bonds is 1. The van der Waals surface area contributed by atoms with Crippen LogP contribution in [0.3, 0.4) is 0 Å². The summed E-state index contributed by atoms with van der Waals surface area (Å²) < 4.78 is 0. The van der Waals surface area contributed by atoms with Crippen LogP contribution in [0, 0.1) is 17.8 Å². The van der Waals surface area contributed by atoms with Gasteiger partial charge in [0.15, 0.2) is 0 Å². The Bertz CT molecular complexity index is 336. The molecule has 100 valence electrons.